The maximum atomic E-state index is 12.2. The van der Waals surface area contributed by atoms with Gasteiger partial charge in [0, 0.05) is 16.3 Å². The zero-order chi connectivity index (χ0) is 16.3. The van der Waals surface area contributed by atoms with Gasteiger partial charge in [-0.05, 0) is 48.4 Å². The molecule has 0 spiro atoms. The van der Waals surface area contributed by atoms with Gasteiger partial charge in [-0.25, -0.2) is 13.6 Å². The molecule has 0 saturated heterocycles. The van der Waals surface area contributed by atoms with Gasteiger partial charge in [0.1, 0.15) is 0 Å². The van der Waals surface area contributed by atoms with Crippen molar-refractivity contribution in [3.05, 3.63) is 64.2 Å². The van der Waals surface area contributed by atoms with E-state index in [0.29, 0.717) is 21.8 Å². The minimum Gasteiger partial charge on any atom is -0.322 e. The van der Waals surface area contributed by atoms with Gasteiger partial charge in [-0.3, -0.25) is 4.79 Å². The molecule has 116 valence electrons. The fraction of sp³-hybridized carbons (Fsp3) is 0.133. The Balaban J connectivity index is 2.18. The molecule has 3 N–H and O–H groups in total. The second kappa shape index (κ2) is 6.48. The molecule has 22 heavy (non-hydrogen) atoms. The Morgan fingerprint density at radius 3 is 2.59 bits per heavy atom. The molecule has 7 heteroatoms. The number of benzene rings is 2. The summed E-state index contributed by atoms with van der Waals surface area (Å²) in [4.78, 5) is 12.2. The van der Waals surface area contributed by atoms with Gasteiger partial charge in [0.25, 0.3) is 5.91 Å². The van der Waals surface area contributed by atoms with E-state index in [1.165, 1.54) is 0 Å². The first-order valence-corrected chi connectivity index (χ1v) is 8.51. The average molecular weight is 339 g/mol. The van der Waals surface area contributed by atoms with Crippen LogP contribution in [0.5, 0.6) is 0 Å². The average Bonchev–Trinajstić information content (AvgIpc) is 2.40. The zero-order valence-corrected chi connectivity index (χ0v) is 13.4. The number of anilines is 1. The van der Waals surface area contributed by atoms with Crippen LogP contribution in [0.15, 0.2) is 42.5 Å². The molecule has 2 aromatic rings. The van der Waals surface area contributed by atoms with Gasteiger partial charge < -0.3 is 5.32 Å². The van der Waals surface area contributed by atoms with Gasteiger partial charge >= 0.3 is 0 Å². The lowest BCUT2D eigenvalue weighted by Gasteiger charge is -2.08. The first-order chi connectivity index (χ1) is 10.2. The van der Waals surface area contributed by atoms with Crippen molar-refractivity contribution in [2.24, 2.45) is 5.14 Å². The number of sulfonamides is 1. The Hall–Kier alpha value is -1.89. The van der Waals surface area contributed by atoms with Crippen LogP contribution in [0.25, 0.3) is 0 Å². The van der Waals surface area contributed by atoms with Crippen LogP contribution in [0.3, 0.4) is 0 Å². The van der Waals surface area contributed by atoms with E-state index in [-0.39, 0.29) is 11.7 Å². The van der Waals surface area contributed by atoms with Crippen LogP contribution in [0.1, 0.15) is 21.5 Å². The minimum atomic E-state index is -3.61. The van der Waals surface area contributed by atoms with Crippen LogP contribution in [0.2, 0.25) is 5.02 Å². The summed E-state index contributed by atoms with van der Waals surface area (Å²) in [5.74, 6) is -0.580. The summed E-state index contributed by atoms with van der Waals surface area (Å²) in [6.07, 6.45) is 0. The summed E-state index contributed by atoms with van der Waals surface area (Å²) in [5.41, 5.74) is 2.28. The van der Waals surface area contributed by atoms with Crippen LogP contribution in [-0.2, 0) is 15.8 Å². The summed E-state index contributed by atoms with van der Waals surface area (Å²) in [6, 6.07) is 11.5. The van der Waals surface area contributed by atoms with E-state index in [1.54, 1.807) is 42.5 Å². The SMILES string of the molecule is Cc1cc(C(=O)Nc2cccc(CS(N)(=O)=O)c2)ccc1Cl. The first kappa shape index (κ1) is 16.5. The first-order valence-electron chi connectivity index (χ1n) is 6.41. The molecule has 0 aromatic heterocycles. The second-order valence-electron chi connectivity index (χ2n) is 4.93. The number of halogens is 1. The molecule has 0 aliphatic rings. The highest BCUT2D eigenvalue weighted by atomic mass is 35.5. The largest absolute Gasteiger partial charge is 0.322 e. The van der Waals surface area contributed by atoms with Crippen LogP contribution < -0.4 is 10.5 Å². The third-order valence-electron chi connectivity index (χ3n) is 2.97. The molecule has 0 aliphatic heterocycles. The Labute approximate surface area is 134 Å². The molecule has 0 bridgehead atoms. The molecule has 0 saturated carbocycles. The molecule has 1 amide bonds. The van der Waals surface area contributed by atoms with Gasteiger partial charge in [-0.2, -0.15) is 0 Å². The number of rotatable bonds is 4. The lowest BCUT2D eigenvalue weighted by Crippen LogP contribution is -2.15. The molecule has 2 aromatic carbocycles. The molecular formula is C15H15ClN2O3S. The van der Waals surface area contributed by atoms with Crippen molar-refractivity contribution < 1.29 is 13.2 Å². The van der Waals surface area contributed by atoms with Crippen molar-refractivity contribution in [1.82, 2.24) is 0 Å². The summed E-state index contributed by atoms with van der Waals surface area (Å²) in [5, 5.41) is 8.32. The van der Waals surface area contributed by atoms with Crippen LogP contribution >= 0.6 is 11.6 Å². The van der Waals surface area contributed by atoms with Crippen molar-refractivity contribution in [3.63, 3.8) is 0 Å². The number of nitrogens with one attached hydrogen (secondary N) is 1. The Kier molecular flexibility index (Phi) is 4.85. The van der Waals surface area contributed by atoms with Crippen LogP contribution in [0, 0.1) is 6.92 Å². The zero-order valence-electron chi connectivity index (χ0n) is 11.8. The number of carbonyl (C=O) groups excluding carboxylic acids is 1. The Morgan fingerprint density at radius 2 is 1.95 bits per heavy atom. The summed E-state index contributed by atoms with van der Waals surface area (Å²) in [6.45, 7) is 1.81. The third kappa shape index (κ3) is 4.56. The van der Waals surface area contributed by atoms with Crippen molar-refractivity contribution in [1.29, 1.82) is 0 Å². The predicted octanol–water partition coefficient (Wildman–Crippen LogP) is 2.69. The van der Waals surface area contributed by atoms with Gasteiger partial charge in [0.05, 0.1) is 5.75 Å². The molecule has 0 aliphatic carbocycles. The number of carbonyl (C=O) groups is 1. The summed E-state index contributed by atoms with van der Waals surface area (Å²) < 4.78 is 22.2. The third-order valence-corrected chi connectivity index (χ3v) is 4.13. The number of hydrogen-bond donors (Lipinski definition) is 2. The predicted molar refractivity (Wildman–Crippen MR) is 87.4 cm³/mol. The van der Waals surface area contributed by atoms with E-state index in [9.17, 15) is 13.2 Å². The van der Waals surface area contributed by atoms with E-state index in [1.807, 2.05) is 6.92 Å². The topological polar surface area (TPSA) is 89.3 Å². The summed E-state index contributed by atoms with van der Waals surface area (Å²) >= 11 is 5.93. The standard InChI is InChI=1S/C15H15ClN2O3S/c1-10-7-12(5-6-14(10)16)15(19)18-13-4-2-3-11(8-13)9-22(17,20)21/h2-8H,9H2,1H3,(H,18,19)(H2,17,20,21). The lowest BCUT2D eigenvalue weighted by molar-refractivity contribution is 0.102. The van der Waals surface area contributed by atoms with Crippen molar-refractivity contribution >= 4 is 33.2 Å². The Morgan fingerprint density at radius 1 is 1.23 bits per heavy atom. The minimum absolute atomic E-state index is 0.281. The molecule has 0 atom stereocenters. The van der Waals surface area contributed by atoms with Gasteiger partial charge in [0.15, 0.2) is 0 Å². The Bertz CT molecular complexity index is 819. The quantitative estimate of drug-likeness (QED) is 0.898. The fourth-order valence-corrected chi connectivity index (χ4v) is 2.72. The molecular weight excluding hydrogens is 324 g/mol. The van der Waals surface area contributed by atoms with E-state index in [4.69, 9.17) is 16.7 Å². The number of amides is 1. The fourth-order valence-electron chi connectivity index (χ4n) is 1.96. The molecule has 0 fully saturated rings. The van der Waals surface area contributed by atoms with Crippen LogP contribution in [0.4, 0.5) is 5.69 Å². The molecule has 2 rings (SSSR count). The van der Waals surface area contributed by atoms with Gasteiger partial charge in [-0.1, -0.05) is 23.7 Å². The van der Waals surface area contributed by atoms with Gasteiger partial charge in [0.2, 0.25) is 10.0 Å². The maximum absolute atomic E-state index is 12.2. The smallest absolute Gasteiger partial charge is 0.255 e. The van der Waals surface area contributed by atoms with Crippen molar-refractivity contribution in [3.8, 4) is 0 Å². The normalized spacial score (nSPS) is 11.2. The molecule has 0 heterocycles. The summed E-state index contributed by atoms with van der Waals surface area (Å²) in [7, 11) is -3.61. The number of nitrogens with two attached hydrogens (primary N) is 1. The van der Waals surface area contributed by atoms with Crippen LogP contribution in [-0.4, -0.2) is 14.3 Å². The monoisotopic (exact) mass is 338 g/mol. The van der Waals surface area contributed by atoms with E-state index < -0.39 is 10.0 Å². The van der Waals surface area contributed by atoms with Crippen molar-refractivity contribution in [2.75, 3.05) is 5.32 Å². The number of aryl methyl sites for hydroxylation is 1. The number of primary sulfonamides is 1. The maximum Gasteiger partial charge on any atom is 0.255 e. The van der Waals surface area contributed by atoms with E-state index >= 15 is 0 Å². The van der Waals surface area contributed by atoms with Crippen molar-refractivity contribution in [2.45, 2.75) is 12.7 Å². The molecule has 0 unspecified atom stereocenters. The highest BCUT2D eigenvalue weighted by Gasteiger charge is 2.09. The van der Waals surface area contributed by atoms with E-state index in [2.05, 4.69) is 5.32 Å². The number of hydrogen-bond acceptors (Lipinski definition) is 3. The highest BCUT2D eigenvalue weighted by molar-refractivity contribution is 7.88. The van der Waals surface area contributed by atoms with Gasteiger partial charge in [-0.15, -0.1) is 0 Å². The second-order valence-corrected chi connectivity index (χ2v) is 6.95. The van der Waals surface area contributed by atoms with E-state index in [0.717, 1.165) is 5.56 Å². The highest BCUT2D eigenvalue weighted by Crippen LogP contribution is 2.18. The molecule has 0 radical (unpaired) electrons. The lowest BCUT2D eigenvalue weighted by atomic mass is 10.1. The molecule has 5 nitrogen and oxygen atoms in total.